The van der Waals surface area contributed by atoms with Crippen molar-refractivity contribution in [1.82, 2.24) is 15.3 Å². The van der Waals surface area contributed by atoms with Crippen molar-refractivity contribution in [1.29, 1.82) is 0 Å². The summed E-state index contributed by atoms with van der Waals surface area (Å²) in [5.41, 5.74) is 3.64. The first-order valence-corrected chi connectivity index (χ1v) is 10.5. The lowest BCUT2D eigenvalue weighted by Crippen LogP contribution is -2.32. The number of carbonyl (C=O) groups is 1. The fourth-order valence-electron chi connectivity index (χ4n) is 3.63. The number of hydrogen-bond acceptors (Lipinski definition) is 1. The molecular weight excluding hydrogens is 396 g/mol. The van der Waals surface area contributed by atoms with Gasteiger partial charge in [-0.3, -0.25) is 4.79 Å². The van der Waals surface area contributed by atoms with Crippen LogP contribution in [0.2, 0.25) is 0 Å². The van der Waals surface area contributed by atoms with E-state index in [0.717, 1.165) is 34.7 Å². The first kappa shape index (κ1) is 20.8. The number of halogens is 2. The maximum Gasteiger partial charge on any atom is 0.267 e. The van der Waals surface area contributed by atoms with Crippen LogP contribution in [-0.2, 0) is 0 Å². The van der Waals surface area contributed by atoms with Gasteiger partial charge in [0.05, 0.1) is 5.52 Å². The van der Waals surface area contributed by atoms with Crippen molar-refractivity contribution in [3.63, 3.8) is 0 Å². The second-order valence-corrected chi connectivity index (χ2v) is 7.99. The highest BCUT2D eigenvalue weighted by Crippen LogP contribution is 2.27. The summed E-state index contributed by atoms with van der Waals surface area (Å²) in [7, 11) is 0. The van der Waals surface area contributed by atoms with Crippen molar-refractivity contribution in [2.24, 2.45) is 5.92 Å². The van der Waals surface area contributed by atoms with Crippen LogP contribution in [0.25, 0.3) is 22.2 Å². The van der Waals surface area contributed by atoms with Crippen molar-refractivity contribution in [2.45, 2.75) is 26.2 Å². The molecule has 2 heterocycles. The highest BCUT2D eigenvalue weighted by molar-refractivity contribution is 5.92. The number of amides is 1. The summed E-state index contributed by atoms with van der Waals surface area (Å²) in [6.07, 6.45) is 5.62. The molecule has 0 radical (unpaired) electrons. The van der Waals surface area contributed by atoms with Gasteiger partial charge in [-0.1, -0.05) is 6.42 Å². The van der Waals surface area contributed by atoms with Crippen LogP contribution in [0.4, 0.5) is 8.78 Å². The molecule has 0 saturated heterocycles. The number of carbonyl (C=O) groups excluding carboxylic acids is 1. The Morgan fingerprint density at radius 3 is 2.52 bits per heavy atom. The monoisotopic (exact) mass is 421 g/mol. The van der Waals surface area contributed by atoms with Crippen molar-refractivity contribution in [3.8, 4) is 11.3 Å². The molecule has 0 spiro atoms. The zero-order valence-electron chi connectivity index (χ0n) is 17.3. The van der Waals surface area contributed by atoms with Crippen LogP contribution in [0.3, 0.4) is 0 Å². The van der Waals surface area contributed by atoms with Crippen molar-refractivity contribution in [2.75, 3.05) is 6.54 Å². The Balaban J connectivity index is 0.000000158. The standard InChI is InChI=1S/C15H11F2N.C10H14N2O/c1-9-6-11-8-14(18-15(11)13(17)7-9)10-2-4-12(16)5-3-10;13-10(9-5-2-6-11-9)12-7-8-3-1-4-8/h2-8,18H,1H3;2,5-6,8,11H,1,3-4,7H2,(H,12,13). The Labute approximate surface area is 179 Å². The molecule has 2 aromatic carbocycles. The minimum atomic E-state index is -0.281. The Morgan fingerprint density at radius 1 is 1.10 bits per heavy atom. The van der Waals surface area contributed by atoms with Gasteiger partial charge in [-0.05, 0) is 91.4 Å². The number of aryl methyl sites for hydroxylation is 1. The number of rotatable bonds is 4. The van der Waals surface area contributed by atoms with Gasteiger partial charge in [0.25, 0.3) is 5.91 Å². The van der Waals surface area contributed by atoms with Crippen LogP contribution < -0.4 is 5.32 Å². The molecule has 5 rings (SSSR count). The number of aromatic nitrogens is 2. The van der Waals surface area contributed by atoms with Crippen LogP contribution in [0.15, 0.2) is 60.8 Å². The molecule has 1 fully saturated rings. The van der Waals surface area contributed by atoms with E-state index in [4.69, 9.17) is 0 Å². The number of fused-ring (bicyclic) bond motifs is 1. The van der Waals surface area contributed by atoms with Gasteiger partial charge in [-0.25, -0.2) is 8.78 Å². The van der Waals surface area contributed by atoms with Crippen LogP contribution in [0.1, 0.15) is 35.3 Å². The van der Waals surface area contributed by atoms with E-state index >= 15 is 0 Å². The van der Waals surface area contributed by atoms with E-state index in [1.165, 1.54) is 37.5 Å². The maximum atomic E-state index is 13.7. The molecule has 0 atom stereocenters. The van der Waals surface area contributed by atoms with Gasteiger partial charge in [-0.15, -0.1) is 0 Å². The Bertz CT molecular complexity index is 1160. The molecule has 2 aromatic heterocycles. The molecule has 31 heavy (non-hydrogen) atoms. The molecule has 4 aromatic rings. The van der Waals surface area contributed by atoms with Crippen molar-refractivity contribution >= 4 is 16.8 Å². The second-order valence-electron chi connectivity index (χ2n) is 7.99. The van der Waals surface area contributed by atoms with E-state index in [0.29, 0.717) is 11.2 Å². The summed E-state index contributed by atoms with van der Waals surface area (Å²) >= 11 is 0. The third-order valence-corrected chi connectivity index (χ3v) is 5.60. The van der Waals surface area contributed by atoms with E-state index in [1.54, 1.807) is 24.4 Å². The Hall–Kier alpha value is -3.41. The van der Waals surface area contributed by atoms with Crippen molar-refractivity contribution in [3.05, 3.63) is 83.7 Å². The van der Waals surface area contributed by atoms with Gasteiger partial charge in [0, 0.05) is 23.8 Å². The molecular formula is C25H25F2N3O. The predicted octanol–water partition coefficient (Wildman–Crippen LogP) is 5.97. The molecule has 1 saturated carbocycles. The summed E-state index contributed by atoms with van der Waals surface area (Å²) in [6, 6.07) is 15.0. The van der Waals surface area contributed by atoms with E-state index in [2.05, 4.69) is 15.3 Å². The molecule has 3 N–H and O–H groups in total. The minimum absolute atomic E-state index is 0.0110. The molecule has 1 aliphatic carbocycles. The summed E-state index contributed by atoms with van der Waals surface area (Å²) in [4.78, 5) is 17.3. The normalized spacial score (nSPS) is 13.4. The third-order valence-electron chi connectivity index (χ3n) is 5.60. The van der Waals surface area contributed by atoms with Gasteiger partial charge in [-0.2, -0.15) is 0 Å². The van der Waals surface area contributed by atoms with Gasteiger partial charge < -0.3 is 15.3 Å². The number of benzene rings is 2. The average molecular weight is 421 g/mol. The highest BCUT2D eigenvalue weighted by Gasteiger charge is 2.18. The Kier molecular flexibility index (Phi) is 6.16. The van der Waals surface area contributed by atoms with E-state index in [9.17, 15) is 13.6 Å². The fraction of sp³-hybridized carbons (Fsp3) is 0.240. The lowest BCUT2D eigenvalue weighted by molar-refractivity contribution is 0.0934. The quantitative estimate of drug-likeness (QED) is 0.374. The van der Waals surface area contributed by atoms with Crippen LogP contribution in [-0.4, -0.2) is 22.4 Å². The van der Waals surface area contributed by atoms with E-state index < -0.39 is 0 Å². The largest absolute Gasteiger partial charge is 0.357 e. The molecule has 160 valence electrons. The number of hydrogen-bond donors (Lipinski definition) is 3. The molecule has 1 amide bonds. The van der Waals surface area contributed by atoms with Crippen LogP contribution in [0, 0.1) is 24.5 Å². The first-order chi connectivity index (χ1) is 15.0. The molecule has 1 aliphatic rings. The topological polar surface area (TPSA) is 60.7 Å². The predicted molar refractivity (Wildman–Crippen MR) is 119 cm³/mol. The van der Waals surface area contributed by atoms with Crippen LogP contribution >= 0.6 is 0 Å². The second kappa shape index (κ2) is 9.16. The average Bonchev–Trinajstić information content (AvgIpc) is 3.38. The Morgan fingerprint density at radius 2 is 1.87 bits per heavy atom. The van der Waals surface area contributed by atoms with Gasteiger partial charge in [0.1, 0.15) is 17.3 Å². The maximum absolute atomic E-state index is 13.7. The zero-order chi connectivity index (χ0) is 21.8. The van der Waals surface area contributed by atoms with E-state index in [1.807, 2.05) is 25.1 Å². The van der Waals surface area contributed by atoms with Crippen molar-refractivity contribution < 1.29 is 13.6 Å². The summed E-state index contributed by atoms with van der Waals surface area (Å²) in [5.74, 6) is 0.186. The SMILES string of the molecule is Cc1cc(F)c2[nH]c(-c3ccc(F)cc3)cc2c1.O=C(NCC1CCC1)c1ccc[nH]1. The van der Waals surface area contributed by atoms with Gasteiger partial charge in [0.15, 0.2) is 0 Å². The molecule has 0 bridgehead atoms. The summed E-state index contributed by atoms with van der Waals surface area (Å²) in [5, 5.41) is 3.74. The molecule has 4 nitrogen and oxygen atoms in total. The van der Waals surface area contributed by atoms with Crippen LogP contribution in [0.5, 0.6) is 0 Å². The zero-order valence-corrected chi connectivity index (χ0v) is 17.3. The van der Waals surface area contributed by atoms with Gasteiger partial charge >= 0.3 is 0 Å². The first-order valence-electron chi connectivity index (χ1n) is 10.5. The third kappa shape index (κ3) is 5.02. The van der Waals surface area contributed by atoms with E-state index in [-0.39, 0.29) is 17.5 Å². The number of aromatic amines is 2. The molecule has 0 unspecified atom stereocenters. The summed E-state index contributed by atoms with van der Waals surface area (Å²) in [6.45, 7) is 2.69. The minimum Gasteiger partial charge on any atom is -0.357 e. The fourth-order valence-corrected chi connectivity index (χ4v) is 3.63. The lowest BCUT2D eigenvalue weighted by atomic mass is 9.85. The molecule has 6 heteroatoms. The smallest absolute Gasteiger partial charge is 0.267 e. The highest BCUT2D eigenvalue weighted by atomic mass is 19.1. The van der Waals surface area contributed by atoms with Gasteiger partial charge in [0.2, 0.25) is 0 Å². The lowest BCUT2D eigenvalue weighted by Gasteiger charge is -2.25. The summed E-state index contributed by atoms with van der Waals surface area (Å²) < 4.78 is 26.6. The molecule has 0 aliphatic heterocycles. The number of nitrogens with one attached hydrogen (secondary N) is 3. The number of H-pyrrole nitrogens is 2.